The molecule has 0 atom stereocenters. The van der Waals surface area contributed by atoms with E-state index in [1.165, 1.54) is 0 Å². The Labute approximate surface area is 139 Å². The van der Waals surface area contributed by atoms with Gasteiger partial charge in [-0.25, -0.2) is 5.84 Å². The fraction of sp³-hybridized carbons (Fsp3) is 0.0625. The maximum absolute atomic E-state index is 11.6. The van der Waals surface area contributed by atoms with Crippen LogP contribution in [-0.2, 0) is 0 Å². The zero-order valence-electron chi connectivity index (χ0n) is 12.4. The monoisotopic (exact) mass is 331 g/mol. The van der Waals surface area contributed by atoms with Crippen molar-refractivity contribution in [1.82, 2.24) is 5.43 Å². The van der Waals surface area contributed by atoms with E-state index in [2.05, 4.69) is 10.4 Å². The molecule has 1 aliphatic heterocycles. The number of fused-ring (bicyclic) bond motifs is 1. The molecule has 1 heterocycles. The maximum Gasteiger partial charge on any atom is 0.292 e. The summed E-state index contributed by atoms with van der Waals surface area (Å²) >= 11 is 0. The summed E-state index contributed by atoms with van der Waals surface area (Å²) in [5.41, 5.74) is 5.76. The van der Waals surface area contributed by atoms with Gasteiger partial charge in [0.1, 0.15) is 12.0 Å². The Balaban J connectivity index is 0.00000192. The normalized spacial score (nSPS) is 13.6. The molecule has 0 aromatic heterocycles. The lowest BCUT2D eigenvalue weighted by Gasteiger charge is -2.03. The van der Waals surface area contributed by atoms with Crippen molar-refractivity contribution >= 4 is 42.2 Å². The summed E-state index contributed by atoms with van der Waals surface area (Å²) < 4.78 is 1.76. The van der Waals surface area contributed by atoms with Gasteiger partial charge in [-0.05, 0) is 36.2 Å². The molecule has 0 fully saturated rings. The van der Waals surface area contributed by atoms with E-state index in [1.807, 2.05) is 19.1 Å². The third-order valence-electron chi connectivity index (χ3n) is 3.43. The van der Waals surface area contributed by atoms with Crippen LogP contribution in [-0.4, -0.2) is 28.1 Å². The van der Waals surface area contributed by atoms with Crippen molar-refractivity contribution in [2.75, 3.05) is 0 Å². The molecule has 7 heteroatoms. The predicted molar refractivity (Wildman–Crippen MR) is 91.4 cm³/mol. The van der Waals surface area contributed by atoms with Crippen LogP contribution in [0.2, 0.25) is 0 Å². The zero-order chi connectivity index (χ0) is 15.7. The number of halogens is 1. The van der Waals surface area contributed by atoms with Gasteiger partial charge in [-0.15, -0.1) is 12.4 Å². The zero-order valence-corrected chi connectivity index (χ0v) is 13.2. The van der Waals surface area contributed by atoms with Crippen LogP contribution in [0.25, 0.3) is 0 Å². The molecular weight excluding hydrogens is 316 g/mol. The molecule has 4 N–H and O–H groups in total. The van der Waals surface area contributed by atoms with Crippen molar-refractivity contribution in [3.05, 3.63) is 53.1 Å². The summed E-state index contributed by atoms with van der Waals surface area (Å²) in [5, 5.41) is 9.94. The third kappa shape index (κ3) is 3.23. The van der Waals surface area contributed by atoms with Crippen molar-refractivity contribution in [3.8, 4) is 5.75 Å². The van der Waals surface area contributed by atoms with Gasteiger partial charge in [0.05, 0.1) is 5.56 Å². The fourth-order valence-electron chi connectivity index (χ4n) is 2.28. The van der Waals surface area contributed by atoms with Gasteiger partial charge in [0.25, 0.3) is 12.2 Å². The molecule has 23 heavy (non-hydrogen) atoms. The average Bonchev–Trinajstić information content (AvgIpc) is 2.92. The first-order valence-electron chi connectivity index (χ1n) is 6.70. The van der Waals surface area contributed by atoms with Crippen LogP contribution in [0.15, 0.2) is 41.4 Å². The first kappa shape index (κ1) is 16.7. The number of hydrazine groups is 1. The van der Waals surface area contributed by atoms with E-state index in [9.17, 15) is 9.90 Å². The number of aryl methyl sites for hydroxylation is 1. The van der Waals surface area contributed by atoms with Gasteiger partial charge >= 0.3 is 0 Å². The standard InChI is InChI=1S/C16H14N4O2.ClH/c1-10-2-5-15(21)12(6-10)8-20-9-18-13-4-3-11(7-14(13)20)16(22)19-17;/h2-9H,17H2,1H3,(H,19,22);1H/p+1. The van der Waals surface area contributed by atoms with Crippen molar-refractivity contribution in [1.29, 1.82) is 0 Å². The maximum atomic E-state index is 11.6. The minimum Gasteiger partial charge on any atom is -0.507 e. The highest BCUT2D eigenvalue weighted by atomic mass is 35.5. The van der Waals surface area contributed by atoms with Crippen LogP contribution in [0, 0.1) is 6.92 Å². The molecule has 0 radical (unpaired) electrons. The summed E-state index contributed by atoms with van der Waals surface area (Å²) in [6.07, 6.45) is 3.40. The Kier molecular flexibility index (Phi) is 4.78. The number of nitrogens with one attached hydrogen (secondary N) is 1. The van der Waals surface area contributed by atoms with E-state index >= 15 is 0 Å². The second-order valence-corrected chi connectivity index (χ2v) is 5.02. The fourth-order valence-corrected chi connectivity index (χ4v) is 2.28. The van der Waals surface area contributed by atoms with Crippen molar-refractivity contribution in [2.24, 2.45) is 10.8 Å². The van der Waals surface area contributed by atoms with E-state index in [-0.39, 0.29) is 24.1 Å². The van der Waals surface area contributed by atoms with Gasteiger partial charge < -0.3 is 5.11 Å². The quantitative estimate of drug-likeness (QED) is 0.341. The van der Waals surface area contributed by atoms with Gasteiger partial charge in [0, 0.05) is 11.6 Å². The molecule has 0 aliphatic carbocycles. The van der Waals surface area contributed by atoms with E-state index in [1.54, 1.807) is 41.4 Å². The Morgan fingerprint density at radius 1 is 1.30 bits per heavy atom. The molecule has 2 aromatic rings. The molecule has 0 unspecified atom stereocenters. The summed E-state index contributed by atoms with van der Waals surface area (Å²) in [7, 11) is 0. The average molecular weight is 332 g/mol. The number of hydrogen-bond donors (Lipinski definition) is 3. The molecule has 0 spiro atoms. The van der Waals surface area contributed by atoms with Crippen molar-refractivity contribution in [2.45, 2.75) is 6.92 Å². The molecule has 0 bridgehead atoms. The first-order valence-corrected chi connectivity index (χ1v) is 6.70. The van der Waals surface area contributed by atoms with Crippen molar-refractivity contribution in [3.63, 3.8) is 0 Å². The summed E-state index contributed by atoms with van der Waals surface area (Å²) in [6.45, 7) is 1.95. The van der Waals surface area contributed by atoms with Crippen LogP contribution in [0.4, 0.5) is 11.4 Å². The number of rotatable bonds is 2. The molecule has 0 saturated heterocycles. The number of amides is 1. The Morgan fingerprint density at radius 3 is 2.83 bits per heavy atom. The minimum atomic E-state index is -0.368. The molecule has 1 aliphatic rings. The highest BCUT2D eigenvalue weighted by Gasteiger charge is 2.22. The number of phenolic OH excluding ortho intramolecular Hbond substituents is 1. The summed E-state index contributed by atoms with van der Waals surface area (Å²) in [6, 6.07) is 10.5. The van der Waals surface area contributed by atoms with Gasteiger partial charge in [-0.1, -0.05) is 11.6 Å². The number of carbonyl (C=O) groups is 1. The molecule has 3 rings (SSSR count). The van der Waals surface area contributed by atoms with Crippen LogP contribution in [0.3, 0.4) is 0 Å². The molecule has 0 saturated carbocycles. The smallest absolute Gasteiger partial charge is 0.292 e. The molecular formula is C16H16ClN4O2+. The number of nitrogen functional groups attached to an aromatic ring is 1. The molecule has 2 aromatic carbocycles. The van der Waals surface area contributed by atoms with Gasteiger partial charge in [0.2, 0.25) is 5.69 Å². The van der Waals surface area contributed by atoms with E-state index in [4.69, 9.17) is 5.84 Å². The number of aliphatic imine (C=N–C) groups is 1. The van der Waals surface area contributed by atoms with Gasteiger partial charge in [0.15, 0.2) is 5.69 Å². The predicted octanol–water partition coefficient (Wildman–Crippen LogP) is 2.16. The highest BCUT2D eigenvalue weighted by molar-refractivity contribution is 5.96. The summed E-state index contributed by atoms with van der Waals surface area (Å²) in [5.74, 6) is 4.97. The van der Waals surface area contributed by atoms with Gasteiger partial charge in [-0.2, -0.15) is 4.58 Å². The van der Waals surface area contributed by atoms with Crippen LogP contribution < -0.4 is 11.3 Å². The Bertz CT molecular complexity index is 831. The SMILES string of the molecule is Cc1ccc(O)c(C=[N+]2C=Nc3ccc(C(=O)NN)cc32)c1.Cl. The van der Waals surface area contributed by atoms with Crippen LogP contribution in [0.5, 0.6) is 5.75 Å². The largest absolute Gasteiger partial charge is 0.507 e. The van der Waals surface area contributed by atoms with Crippen LogP contribution in [0.1, 0.15) is 21.5 Å². The lowest BCUT2D eigenvalue weighted by atomic mass is 10.1. The van der Waals surface area contributed by atoms with E-state index < -0.39 is 0 Å². The Morgan fingerprint density at radius 2 is 2.09 bits per heavy atom. The number of phenols is 1. The second-order valence-electron chi connectivity index (χ2n) is 5.02. The van der Waals surface area contributed by atoms with Crippen LogP contribution >= 0.6 is 12.4 Å². The number of nitrogens with two attached hydrogens (primary N) is 1. The number of carbonyl (C=O) groups excluding carboxylic acids is 1. The Hall–Kier alpha value is -2.70. The van der Waals surface area contributed by atoms with E-state index in [0.29, 0.717) is 11.1 Å². The topological polar surface area (TPSA) is 90.7 Å². The number of aromatic hydroxyl groups is 1. The third-order valence-corrected chi connectivity index (χ3v) is 3.43. The molecule has 6 nitrogen and oxygen atoms in total. The lowest BCUT2D eigenvalue weighted by Crippen LogP contribution is -2.29. The number of benzene rings is 2. The molecule has 1 amide bonds. The van der Waals surface area contributed by atoms with E-state index in [0.717, 1.165) is 16.9 Å². The highest BCUT2D eigenvalue weighted by Crippen LogP contribution is 2.32. The minimum absolute atomic E-state index is 0. The lowest BCUT2D eigenvalue weighted by molar-refractivity contribution is -0.282. The molecule has 118 valence electrons. The first-order chi connectivity index (χ1) is 10.6. The van der Waals surface area contributed by atoms with Crippen molar-refractivity contribution < 1.29 is 14.5 Å². The summed E-state index contributed by atoms with van der Waals surface area (Å²) in [4.78, 5) is 15.9. The van der Waals surface area contributed by atoms with Gasteiger partial charge in [-0.3, -0.25) is 10.2 Å². The number of hydrogen-bond acceptors (Lipinski definition) is 4. The number of nitrogens with zero attached hydrogens (tertiary/aromatic N) is 2. The second kappa shape index (κ2) is 6.60.